The zero-order valence-electron chi connectivity index (χ0n) is 14.0. The number of aryl methyl sites for hydroxylation is 1. The van der Waals surface area contributed by atoms with Gasteiger partial charge in [0.25, 0.3) is 5.56 Å². The number of para-hydroxylation sites is 1. The van der Waals surface area contributed by atoms with E-state index in [1.807, 2.05) is 13.0 Å². The summed E-state index contributed by atoms with van der Waals surface area (Å²) in [6.07, 6.45) is -3.58. The Morgan fingerprint density at radius 2 is 2.00 bits per heavy atom. The summed E-state index contributed by atoms with van der Waals surface area (Å²) in [6, 6.07) is 7.14. The Kier molecular flexibility index (Phi) is 5.52. The molecule has 1 aromatic carbocycles. The van der Waals surface area contributed by atoms with Gasteiger partial charge in [0.15, 0.2) is 5.16 Å². The van der Waals surface area contributed by atoms with Crippen molar-refractivity contribution >= 4 is 28.4 Å². The quantitative estimate of drug-likeness (QED) is 0.461. The van der Waals surface area contributed by atoms with Crippen molar-refractivity contribution in [2.45, 2.75) is 31.2 Å². The van der Waals surface area contributed by atoms with Gasteiger partial charge in [-0.1, -0.05) is 30.8 Å². The molecule has 3 rings (SSSR count). The first-order valence-corrected chi connectivity index (χ1v) is 9.05. The maximum atomic E-state index is 12.7. The molecule has 0 aliphatic rings. The molecule has 140 valence electrons. The van der Waals surface area contributed by atoms with Crippen molar-refractivity contribution in [3.8, 4) is 0 Å². The highest BCUT2D eigenvalue weighted by atomic mass is 32.2. The van der Waals surface area contributed by atoms with Crippen molar-refractivity contribution in [3.63, 3.8) is 0 Å². The van der Waals surface area contributed by atoms with Crippen LogP contribution in [-0.4, -0.2) is 44.3 Å². The Morgan fingerprint density at radius 3 is 2.73 bits per heavy atom. The minimum absolute atomic E-state index is 0.0639. The molecule has 0 spiro atoms. The highest BCUT2D eigenvalue weighted by molar-refractivity contribution is 7.99. The zero-order valence-corrected chi connectivity index (χ0v) is 14.8. The van der Waals surface area contributed by atoms with E-state index in [-0.39, 0.29) is 17.9 Å². The van der Waals surface area contributed by atoms with Crippen LogP contribution >= 0.6 is 11.8 Å². The van der Waals surface area contributed by atoms with Crippen LogP contribution in [0.2, 0.25) is 0 Å². The third kappa shape index (κ3) is 3.85. The number of nitrogens with zero attached hydrogens (tertiary/aromatic N) is 4. The third-order valence-electron chi connectivity index (χ3n) is 3.65. The van der Waals surface area contributed by atoms with E-state index in [1.54, 1.807) is 27.2 Å². The fourth-order valence-electron chi connectivity index (χ4n) is 2.63. The molecule has 2 aromatic heterocycles. The topological polar surface area (TPSA) is 61.4 Å². The van der Waals surface area contributed by atoms with E-state index < -0.39 is 12.8 Å². The monoisotopic (exact) mass is 386 g/mol. The van der Waals surface area contributed by atoms with E-state index in [9.17, 15) is 18.0 Å². The maximum Gasteiger partial charge on any atom is 0.411 e. The number of benzene rings is 1. The number of thioether (sulfide) groups is 1. The second kappa shape index (κ2) is 7.67. The summed E-state index contributed by atoms with van der Waals surface area (Å²) in [4.78, 5) is 12.7. The lowest BCUT2D eigenvalue weighted by molar-refractivity contribution is -0.172. The first-order chi connectivity index (χ1) is 12.4. The van der Waals surface area contributed by atoms with E-state index in [2.05, 4.69) is 14.9 Å². The second-order valence-corrected chi connectivity index (χ2v) is 6.67. The summed E-state index contributed by atoms with van der Waals surface area (Å²) in [5, 5.41) is 9.29. The molecule has 0 radical (unpaired) electrons. The Balaban J connectivity index is 1.91. The van der Waals surface area contributed by atoms with Crippen LogP contribution in [0.3, 0.4) is 0 Å². The molecule has 6 nitrogen and oxygen atoms in total. The van der Waals surface area contributed by atoms with Crippen molar-refractivity contribution < 1.29 is 17.9 Å². The smallest absolute Gasteiger partial charge is 0.371 e. The van der Waals surface area contributed by atoms with Crippen molar-refractivity contribution in [3.05, 3.63) is 34.6 Å². The van der Waals surface area contributed by atoms with Gasteiger partial charge in [0.2, 0.25) is 5.78 Å². The zero-order chi connectivity index (χ0) is 18.7. The van der Waals surface area contributed by atoms with Gasteiger partial charge in [0.05, 0.1) is 17.5 Å². The molecule has 0 amide bonds. The highest BCUT2D eigenvalue weighted by Gasteiger charge is 2.27. The van der Waals surface area contributed by atoms with Crippen LogP contribution in [0, 0.1) is 0 Å². The maximum absolute atomic E-state index is 12.7. The minimum atomic E-state index is -4.33. The van der Waals surface area contributed by atoms with Crippen molar-refractivity contribution in [2.75, 3.05) is 19.0 Å². The van der Waals surface area contributed by atoms with E-state index in [0.717, 1.165) is 6.42 Å². The molecule has 0 aliphatic carbocycles. The first kappa shape index (κ1) is 18.7. The summed E-state index contributed by atoms with van der Waals surface area (Å²) in [7, 11) is 0. The van der Waals surface area contributed by atoms with Gasteiger partial charge in [0, 0.05) is 12.3 Å². The minimum Gasteiger partial charge on any atom is -0.371 e. The molecule has 0 N–H and O–H groups in total. The van der Waals surface area contributed by atoms with Gasteiger partial charge in [0.1, 0.15) is 6.61 Å². The Hall–Kier alpha value is -2.07. The Morgan fingerprint density at radius 1 is 1.23 bits per heavy atom. The van der Waals surface area contributed by atoms with E-state index >= 15 is 0 Å². The van der Waals surface area contributed by atoms with Gasteiger partial charge in [-0.3, -0.25) is 13.8 Å². The number of fused-ring (bicyclic) bond motifs is 3. The fourth-order valence-corrected chi connectivity index (χ4v) is 3.42. The second-order valence-electron chi connectivity index (χ2n) is 5.61. The lowest BCUT2D eigenvalue weighted by atomic mass is 10.2. The predicted molar refractivity (Wildman–Crippen MR) is 92.6 cm³/mol. The molecule has 3 aromatic rings. The molecule has 2 heterocycles. The molecule has 10 heteroatoms. The fraction of sp³-hybridized carbons (Fsp3) is 0.438. The van der Waals surface area contributed by atoms with Crippen molar-refractivity contribution in [1.29, 1.82) is 0 Å². The van der Waals surface area contributed by atoms with Crippen LogP contribution in [0.5, 0.6) is 0 Å². The van der Waals surface area contributed by atoms with Crippen LogP contribution in [-0.2, 0) is 11.3 Å². The average Bonchev–Trinajstić information content (AvgIpc) is 3.01. The number of rotatable bonds is 7. The summed E-state index contributed by atoms with van der Waals surface area (Å²) < 4.78 is 44.3. The third-order valence-corrected chi connectivity index (χ3v) is 4.54. The SMILES string of the molecule is CCCn1c(=O)c2ccccc2n2c(SCCOCC(F)(F)F)nnc12. The standard InChI is InChI=1S/C16H17F3N4O2S/c1-2-7-22-13(24)11-5-3-4-6-12(11)23-14(22)20-21-15(23)26-9-8-25-10-16(17,18)19/h3-6H,2,7-10H2,1H3. The van der Waals surface area contributed by atoms with Gasteiger partial charge in [-0.2, -0.15) is 13.2 Å². The van der Waals surface area contributed by atoms with Crippen molar-refractivity contribution in [1.82, 2.24) is 19.2 Å². The van der Waals surface area contributed by atoms with Gasteiger partial charge in [-0.25, -0.2) is 0 Å². The van der Waals surface area contributed by atoms with Crippen LogP contribution < -0.4 is 5.56 Å². The van der Waals surface area contributed by atoms with Crippen LogP contribution in [0.15, 0.2) is 34.2 Å². The number of aromatic nitrogens is 4. The molecule has 0 saturated heterocycles. The largest absolute Gasteiger partial charge is 0.411 e. The van der Waals surface area contributed by atoms with E-state index in [4.69, 9.17) is 0 Å². The summed E-state index contributed by atoms with van der Waals surface area (Å²) >= 11 is 1.24. The molecule has 26 heavy (non-hydrogen) atoms. The first-order valence-electron chi connectivity index (χ1n) is 8.06. The number of hydrogen-bond acceptors (Lipinski definition) is 5. The Labute approximate surface area is 151 Å². The lowest BCUT2D eigenvalue weighted by Crippen LogP contribution is -2.23. The van der Waals surface area contributed by atoms with Crippen LogP contribution in [0.25, 0.3) is 16.7 Å². The van der Waals surface area contributed by atoms with Gasteiger partial charge in [-0.15, -0.1) is 10.2 Å². The number of hydrogen-bond donors (Lipinski definition) is 0. The lowest BCUT2D eigenvalue weighted by Gasteiger charge is -2.10. The highest BCUT2D eigenvalue weighted by Crippen LogP contribution is 2.22. The van der Waals surface area contributed by atoms with E-state index in [1.165, 1.54) is 11.8 Å². The molecular formula is C16H17F3N4O2S. The Bertz CT molecular complexity index is 968. The summed E-state index contributed by atoms with van der Waals surface area (Å²) in [5.74, 6) is 0.715. The predicted octanol–water partition coefficient (Wildman–Crippen LogP) is 3.13. The summed E-state index contributed by atoms with van der Waals surface area (Å²) in [5.41, 5.74) is 0.538. The van der Waals surface area contributed by atoms with Gasteiger partial charge >= 0.3 is 6.18 Å². The molecule has 0 saturated carbocycles. The average molecular weight is 386 g/mol. The molecule has 0 aliphatic heterocycles. The van der Waals surface area contributed by atoms with Gasteiger partial charge < -0.3 is 4.74 Å². The number of alkyl halides is 3. The molecule has 0 bridgehead atoms. The van der Waals surface area contributed by atoms with Crippen molar-refractivity contribution in [2.24, 2.45) is 0 Å². The molecule has 0 fully saturated rings. The van der Waals surface area contributed by atoms with Crippen LogP contribution in [0.4, 0.5) is 13.2 Å². The van der Waals surface area contributed by atoms with Crippen LogP contribution in [0.1, 0.15) is 13.3 Å². The molecule has 0 unspecified atom stereocenters. The van der Waals surface area contributed by atoms with Gasteiger partial charge in [-0.05, 0) is 18.6 Å². The summed E-state index contributed by atoms with van der Waals surface area (Å²) in [6.45, 7) is 1.13. The molecular weight excluding hydrogens is 369 g/mol. The normalized spacial score (nSPS) is 12.3. The number of ether oxygens (including phenoxy) is 1. The molecule has 0 atom stereocenters. The number of halogens is 3. The van der Waals surface area contributed by atoms with E-state index in [0.29, 0.717) is 28.4 Å².